The van der Waals surface area contributed by atoms with Gasteiger partial charge in [0.1, 0.15) is 5.01 Å². The number of hydrogen-bond donors (Lipinski definition) is 1. The number of nitrogens with two attached hydrogens (primary N) is 1. The fourth-order valence-corrected chi connectivity index (χ4v) is 3.55. The molecular weight excluding hydrogens is 286 g/mol. The first-order chi connectivity index (χ1) is 10.2. The van der Waals surface area contributed by atoms with E-state index in [9.17, 15) is 4.79 Å². The second kappa shape index (κ2) is 5.77. The summed E-state index contributed by atoms with van der Waals surface area (Å²) in [5.74, 6) is 0.0281. The summed E-state index contributed by atoms with van der Waals surface area (Å²) in [4.78, 5) is 27.1. The number of carbonyl (C=O) groups excluding carboxylic acids is 1. The lowest BCUT2D eigenvalue weighted by molar-refractivity contribution is 0.0605. The number of hydrogen-bond acceptors (Lipinski definition) is 6. The molecule has 1 atom stereocenters. The first kappa shape index (κ1) is 13.9. The van der Waals surface area contributed by atoms with E-state index in [1.54, 1.807) is 11.3 Å². The Morgan fingerprint density at radius 1 is 1.38 bits per heavy atom. The average Bonchev–Trinajstić information content (AvgIpc) is 2.93. The maximum absolute atomic E-state index is 12.7. The Bertz CT molecular complexity index is 656. The van der Waals surface area contributed by atoms with Gasteiger partial charge in [-0.2, -0.15) is 0 Å². The summed E-state index contributed by atoms with van der Waals surface area (Å²) in [5, 5.41) is 3.01. The third kappa shape index (κ3) is 2.73. The first-order valence-electron chi connectivity index (χ1n) is 6.96. The highest BCUT2D eigenvalue weighted by Crippen LogP contribution is 2.33. The summed E-state index contributed by atoms with van der Waals surface area (Å²) in [7, 11) is 0. The molecule has 3 rings (SSSR count). The van der Waals surface area contributed by atoms with Gasteiger partial charge in [-0.3, -0.25) is 4.79 Å². The maximum atomic E-state index is 12.7. The quantitative estimate of drug-likeness (QED) is 0.919. The van der Waals surface area contributed by atoms with Gasteiger partial charge in [0, 0.05) is 30.0 Å². The fraction of sp³-hybridized carbons (Fsp3) is 0.429. The minimum atomic E-state index is -0.154. The van der Waals surface area contributed by atoms with Gasteiger partial charge < -0.3 is 10.6 Å². The Morgan fingerprint density at radius 3 is 2.90 bits per heavy atom. The molecule has 0 saturated carbocycles. The smallest absolute Gasteiger partial charge is 0.276 e. The van der Waals surface area contributed by atoms with Crippen molar-refractivity contribution < 1.29 is 4.79 Å². The normalized spacial score (nSPS) is 18.7. The number of likely N-dealkylation sites (tertiary alicyclic amines) is 1. The van der Waals surface area contributed by atoms with Crippen LogP contribution in [0.5, 0.6) is 0 Å². The van der Waals surface area contributed by atoms with Crippen LogP contribution < -0.4 is 5.73 Å². The van der Waals surface area contributed by atoms with Crippen molar-refractivity contribution in [3.63, 3.8) is 0 Å². The molecule has 2 aromatic heterocycles. The Morgan fingerprint density at radius 2 is 2.19 bits per heavy atom. The lowest BCUT2D eigenvalue weighted by Gasteiger charge is -2.34. The number of aryl methyl sites for hydroxylation is 1. The number of amides is 1. The van der Waals surface area contributed by atoms with Crippen LogP contribution in [0.15, 0.2) is 17.8 Å². The van der Waals surface area contributed by atoms with E-state index in [0.717, 1.165) is 30.0 Å². The van der Waals surface area contributed by atoms with Gasteiger partial charge in [-0.25, -0.2) is 15.0 Å². The Kier molecular flexibility index (Phi) is 3.83. The molecule has 1 fully saturated rings. The molecule has 0 aromatic carbocycles. The van der Waals surface area contributed by atoms with E-state index in [-0.39, 0.29) is 23.5 Å². The average molecular weight is 303 g/mol. The summed E-state index contributed by atoms with van der Waals surface area (Å²) < 4.78 is 0. The minimum Gasteiger partial charge on any atom is -0.382 e. The standard InChI is InChI=1S/C14H17N5OS/c1-9-8-21-13(18-9)10-4-2-3-7-19(10)14(20)11-12(15)17-6-5-16-11/h5-6,8,10H,2-4,7H2,1H3,(H2,15,17)/t10-/m0/s1. The molecule has 2 N–H and O–H groups in total. The van der Waals surface area contributed by atoms with Crippen molar-refractivity contribution >= 4 is 23.1 Å². The van der Waals surface area contributed by atoms with Crippen molar-refractivity contribution in [3.8, 4) is 0 Å². The monoisotopic (exact) mass is 303 g/mol. The van der Waals surface area contributed by atoms with E-state index in [1.807, 2.05) is 17.2 Å². The highest BCUT2D eigenvalue weighted by atomic mass is 32.1. The van der Waals surface area contributed by atoms with Crippen LogP contribution in [0.3, 0.4) is 0 Å². The third-order valence-electron chi connectivity index (χ3n) is 3.61. The molecule has 1 saturated heterocycles. The second-order valence-corrected chi connectivity index (χ2v) is 6.02. The highest BCUT2D eigenvalue weighted by Gasteiger charge is 2.32. The van der Waals surface area contributed by atoms with Crippen molar-refractivity contribution in [2.24, 2.45) is 0 Å². The molecule has 3 heterocycles. The van der Waals surface area contributed by atoms with Gasteiger partial charge in [0.25, 0.3) is 5.91 Å². The van der Waals surface area contributed by atoms with Crippen LogP contribution in [0.4, 0.5) is 5.82 Å². The van der Waals surface area contributed by atoms with E-state index in [4.69, 9.17) is 5.73 Å². The molecule has 110 valence electrons. The van der Waals surface area contributed by atoms with Crippen LogP contribution in [-0.4, -0.2) is 32.3 Å². The number of nitrogen functional groups attached to an aromatic ring is 1. The molecule has 1 aliphatic heterocycles. The number of carbonyl (C=O) groups is 1. The number of nitrogens with zero attached hydrogens (tertiary/aromatic N) is 4. The van der Waals surface area contributed by atoms with Gasteiger partial charge in [0.2, 0.25) is 0 Å². The Balaban J connectivity index is 1.91. The van der Waals surface area contributed by atoms with E-state index >= 15 is 0 Å². The number of anilines is 1. The van der Waals surface area contributed by atoms with Gasteiger partial charge in [-0.1, -0.05) is 0 Å². The predicted molar refractivity (Wildman–Crippen MR) is 80.9 cm³/mol. The lowest BCUT2D eigenvalue weighted by Crippen LogP contribution is -2.39. The molecule has 6 nitrogen and oxygen atoms in total. The summed E-state index contributed by atoms with van der Waals surface area (Å²) in [6.07, 6.45) is 6.01. The summed E-state index contributed by atoms with van der Waals surface area (Å²) >= 11 is 1.60. The summed E-state index contributed by atoms with van der Waals surface area (Å²) in [6.45, 7) is 2.67. The summed E-state index contributed by atoms with van der Waals surface area (Å²) in [6, 6.07) is 0.0198. The number of rotatable bonds is 2. The van der Waals surface area contributed by atoms with Gasteiger partial charge in [0.15, 0.2) is 11.5 Å². The molecule has 1 aliphatic rings. The van der Waals surface area contributed by atoms with Crippen molar-refractivity contribution in [2.45, 2.75) is 32.2 Å². The molecular formula is C14H17N5OS. The van der Waals surface area contributed by atoms with Crippen LogP contribution in [0.25, 0.3) is 0 Å². The minimum absolute atomic E-state index is 0.0198. The van der Waals surface area contributed by atoms with Crippen molar-refractivity contribution in [2.75, 3.05) is 12.3 Å². The van der Waals surface area contributed by atoms with Gasteiger partial charge >= 0.3 is 0 Å². The Labute approximate surface area is 127 Å². The largest absolute Gasteiger partial charge is 0.382 e. The van der Waals surface area contributed by atoms with Crippen molar-refractivity contribution in [3.05, 3.63) is 34.2 Å². The molecule has 0 spiro atoms. The second-order valence-electron chi connectivity index (χ2n) is 5.13. The van der Waals surface area contributed by atoms with Crippen LogP contribution in [-0.2, 0) is 0 Å². The van der Waals surface area contributed by atoms with E-state index < -0.39 is 0 Å². The van der Waals surface area contributed by atoms with E-state index in [0.29, 0.717) is 6.54 Å². The zero-order valence-electron chi connectivity index (χ0n) is 11.8. The van der Waals surface area contributed by atoms with E-state index in [1.165, 1.54) is 12.4 Å². The Hall–Kier alpha value is -2.02. The molecule has 1 amide bonds. The molecule has 7 heteroatoms. The molecule has 2 aromatic rings. The van der Waals surface area contributed by atoms with Crippen LogP contribution >= 0.6 is 11.3 Å². The number of piperidine rings is 1. The third-order valence-corrected chi connectivity index (χ3v) is 4.68. The molecule has 0 bridgehead atoms. The van der Waals surface area contributed by atoms with Gasteiger partial charge in [-0.05, 0) is 26.2 Å². The fourth-order valence-electron chi connectivity index (χ4n) is 2.61. The summed E-state index contributed by atoms with van der Waals surface area (Å²) in [5.41, 5.74) is 7.01. The van der Waals surface area contributed by atoms with Crippen molar-refractivity contribution in [1.82, 2.24) is 19.9 Å². The zero-order valence-corrected chi connectivity index (χ0v) is 12.6. The van der Waals surface area contributed by atoms with Crippen molar-refractivity contribution in [1.29, 1.82) is 0 Å². The maximum Gasteiger partial charge on any atom is 0.276 e. The number of thiazole rings is 1. The predicted octanol–water partition coefficient (Wildman–Crippen LogP) is 2.19. The van der Waals surface area contributed by atoms with E-state index in [2.05, 4.69) is 15.0 Å². The molecule has 0 aliphatic carbocycles. The first-order valence-corrected chi connectivity index (χ1v) is 7.84. The SMILES string of the molecule is Cc1csc([C@@H]2CCCCN2C(=O)c2nccnc2N)n1. The molecule has 21 heavy (non-hydrogen) atoms. The lowest BCUT2D eigenvalue weighted by atomic mass is 10.0. The van der Waals surface area contributed by atoms with Gasteiger partial charge in [0.05, 0.1) is 6.04 Å². The molecule has 0 unspecified atom stereocenters. The van der Waals surface area contributed by atoms with Crippen LogP contribution in [0.2, 0.25) is 0 Å². The van der Waals surface area contributed by atoms with Gasteiger partial charge in [-0.15, -0.1) is 11.3 Å². The number of aromatic nitrogens is 3. The van der Waals surface area contributed by atoms with Crippen LogP contribution in [0, 0.1) is 6.92 Å². The zero-order chi connectivity index (χ0) is 14.8. The van der Waals surface area contributed by atoms with Crippen LogP contribution in [0.1, 0.15) is 46.5 Å². The topological polar surface area (TPSA) is 85.0 Å². The molecule has 0 radical (unpaired) electrons. The highest BCUT2D eigenvalue weighted by molar-refractivity contribution is 7.09.